The average Bonchev–Trinajstić information content (AvgIpc) is 2.84. The Hall–Kier alpha value is -2.05. The van der Waals surface area contributed by atoms with E-state index in [0.717, 1.165) is 5.56 Å². The minimum atomic E-state index is -4.25. The third kappa shape index (κ3) is 3.70. The fraction of sp³-hybridized carbons (Fsp3) is 0.333. The molecule has 0 aliphatic heterocycles. The second-order valence-electron chi connectivity index (χ2n) is 4.11. The Morgan fingerprint density at radius 2 is 1.95 bits per heavy atom. The Kier molecular flexibility index (Phi) is 3.73. The Labute approximate surface area is 108 Å². The van der Waals surface area contributed by atoms with E-state index in [4.69, 9.17) is 0 Å². The van der Waals surface area contributed by atoms with Gasteiger partial charge in [0, 0.05) is 24.7 Å². The quantitative estimate of drug-likeness (QED) is 0.929. The molecule has 2 aromatic heterocycles. The van der Waals surface area contributed by atoms with Crippen LogP contribution in [0.5, 0.6) is 0 Å². The van der Waals surface area contributed by atoms with Crippen molar-refractivity contribution in [3.05, 3.63) is 42.4 Å². The van der Waals surface area contributed by atoms with Crippen molar-refractivity contribution in [3.63, 3.8) is 0 Å². The SMILES string of the molecule is C[C@H](c1ccncc1)n1ccc(NCC(F)(F)F)n1. The van der Waals surface area contributed by atoms with E-state index in [0.29, 0.717) is 0 Å². The predicted octanol–water partition coefficient (Wildman–Crippen LogP) is 2.86. The molecule has 1 N–H and O–H groups in total. The van der Waals surface area contributed by atoms with Crippen molar-refractivity contribution in [3.8, 4) is 0 Å². The van der Waals surface area contributed by atoms with Crippen LogP contribution in [0.2, 0.25) is 0 Å². The van der Waals surface area contributed by atoms with Gasteiger partial charge in [-0.25, -0.2) is 0 Å². The smallest absolute Gasteiger partial charge is 0.360 e. The number of pyridine rings is 1. The Bertz CT molecular complexity index is 521. The first-order chi connectivity index (χ1) is 8.96. The first-order valence-electron chi connectivity index (χ1n) is 5.71. The number of nitrogens with zero attached hydrogens (tertiary/aromatic N) is 3. The normalized spacial score (nSPS) is 13.3. The molecule has 0 aromatic carbocycles. The number of anilines is 1. The zero-order chi connectivity index (χ0) is 13.9. The van der Waals surface area contributed by atoms with Gasteiger partial charge in [0.25, 0.3) is 0 Å². The molecule has 2 rings (SSSR count). The minimum absolute atomic E-state index is 0.0653. The van der Waals surface area contributed by atoms with E-state index in [-0.39, 0.29) is 11.9 Å². The van der Waals surface area contributed by atoms with Gasteiger partial charge in [-0.15, -0.1) is 0 Å². The van der Waals surface area contributed by atoms with Gasteiger partial charge in [-0.1, -0.05) is 0 Å². The van der Waals surface area contributed by atoms with Crippen LogP contribution in [0.4, 0.5) is 19.0 Å². The van der Waals surface area contributed by atoms with E-state index in [1.165, 1.54) is 6.07 Å². The topological polar surface area (TPSA) is 42.7 Å². The second-order valence-corrected chi connectivity index (χ2v) is 4.11. The Balaban J connectivity index is 2.05. The maximum atomic E-state index is 12.1. The molecule has 4 nitrogen and oxygen atoms in total. The molecule has 0 amide bonds. The molecule has 0 radical (unpaired) electrons. The van der Waals surface area contributed by atoms with E-state index in [1.807, 2.05) is 19.1 Å². The zero-order valence-electron chi connectivity index (χ0n) is 10.2. The van der Waals surface area contributed by atoms with Crippen molar-refractivity contribution in [2.45, 2.75) is 19.1 Å². The standard InChI is InChI=1S/C12H13F3N4/c1-9(10-2-5-16-6-3-10)19-7-4-11(18-19)17-8-12(13,14)15/h2-7,9H,8H2,1H3,(H,17,18)/t9-/m1/s1. The molecule has 19 heavy (non-hydrogen) atoms. The Morgan fingerprint density at radius 1 is 1.26 bits per heavy atom. The van der Waals surface area contributed by atoms with E-state index in [1.54, 1.807) is 23.3 Å². The lowest BCUT2D eigenvalue weighted by atomic mass is 10.1. The van der Waals surface area contributed by atoms with Crippen LogP contribution in [0.15, 0.2) is 36.8 Å². The lowest BCUT2D eigenvalue weighted by Crippen LogP contribution is -2.21. The molecule has 7 heteroatoms. The van der Waals surface area contributed by atoms with Crippen LogP contribution in [-0.4, -0.2) is 27.5 Å². The van der Waals surface area contributed by atoms with Crippen LogP contribution in [-0.2, 0) is 0 Å². The highest BCUT2D eigenvalue weighted by Gasteiger charge is 2.27. The summed E-state index contributed by atoms with van der Waals surface area (Å²) in [6.07, 6.45) is 0.723. The van der Waals surface area contributed by atoms with E-state index in [2.05, 4.69) is 15.4 Å². The van der Waals surface area contributed by atoms with Crippen LogP contribution in [0.3, 0.4) is 0 Å². The fourth-order valence-corrected chi connectivity index (χ4v) is 1.63. The Morgan fingerprint density at radius 3 is 2.58 bits per heavy atom. The third-order valence-corrected chi connectivity index (χ3v) is 2.66. The summed E-state index contributed by atoms with van der Waals surface area (Å²) in [5.74, 6) is 0.207. The molecule has 2 heterocycles. The average molecular weight is 270 g/mol. The summed E-state index contributed by atoms with van der Waals surface area (Å²) >= 11 is 0. The minimum Gasteiger partial charge on any atom is -0.360 e. The van der Waals surface area contributed by atoms with Gasteiger partial charge in [-0.2, -0.15) is 18.3 Å². The summed E-state index contributed by atoms with van der Waals surface area (Å²) in [5.41, 5.74) is 0.987. The molecule has 0 saturated carbocycles. The molecular weight excluding hydrogens is 257 g/mol. The van der Waals surface area contributed by atoms with Crippen LogP contribution in [0.1, 0.15) is 18.5 Å². The molecule has 0 aliphatic carbocycles. The molecule has 0 bridgehead atoms. The summed E-state index contributed by atoms with van der Waals surface area (Å²) in [6, 6.07) is 5.14. The van der Waals surface area contributed by atoms with Crippen LogP contribution < -0.4 is 5.32 Å². The third-order valence-electron chi connectivity index (χ3n) is 2.66. The van der Waals surface area contributed by atoms with Gasteiger partial charge in [0.15, 0.2) is 0 Å². The van der Waals surface area contributed by atoms with Gasteiger partial charge in [-0.3, -0.25) is 9.67 Å². The largest absolute Gasteiger partial charge is 0.405 e. The summed E-state index contributed by atoms with van der Waals surface area (Å²) in [6.45, 7) is 0.823. The molecule has 1 atom stereocenters. The molecule has 102 valence electrons. The van der Waals surface area contributed by atoms with Crippen molar-refractivity contribution in [1.82, 2.24) is 14.8 Å². The second kappa shape index (κ2) is 5.29. The van der Waals surface area contributed by atoms with Crippen LogP contribution >= 0.6 is 0 Å². The highest BCUT2D eigenvalue weighted by molar-refractivity contribution is 5.33. The summed E-state index contributed by atoms with van der Waals surface area (Å²) < 4.78 is 37.8. The van der Waals surface area contributed by atoms with Crippen molar-refractivity contribution in [2.24, 2.45) is 0 Å². The summed E-state index contributed by atoms with van der Waals surface area (Å²) in [4.78, 5) is 3.92. The number of aromatic nitrogens is 3. The highest BCUT2D eigenvalue weighted by Crippen LogP contribution is 2.19. The lowest BCUT2D eigenvalue weighted by Gasteiger charge is -2.12. The van der Waals surface area contributed by atoms with Crippen molar-refractivity contribution < 1.29 is 13.2 Å². The number of alkyl halides is 3. The maximum absolute atomic E-state index is 12.1. The van der Waals surface area contributed by atoms with Crippen molar-refractivity contribution >= 4 is 5.82 Å². The first-order valence-corrected chi connectivity index (χ1v) is 5.71. The van der Waals surface area contributed by atoms with E-state index < -0.39 is 12.7 Å². The fourth-order valence-electron chi connectivity index (χ4n) is 1.63. The van der Waals surface area contributed by atoms with Gasteiger partial charge >= 0.3 is 6.18 Å². The number of nitrogens with one attached hydrogen (secondary N) is 1. The number of hydrogen-bond donors (Lipinski definition) is 1. The van der Waals surface area contributed by atoms with Crippen LogP contribution in [0, 0.1) is 0 Å². The molecule has 0 spiro atoms. The van der Waals surface area contributed by atoms with Gasteiger partial charge in [-0.05, 0) is 24.6 Å². The zero-order valence-corrected chi connectivity index (χ0v) is 10.2. The molecule has 0 saturated heterocycles. The summed E-state index contributed by atoms with van der Waals surface area (Å²) in [5, 5.41) is 6.32. The van der Waals surface area contributed by atoms with E-state index >= 15 is 0 Å². The molecule has 0 fully saturated rings. The molecule has 0 unspecified atom stereocenters. The van der Waals surface area contributed by atoms with Gasteiger partial charge < -0.3 is 5.32 Å². The van der Waals surface area contributed by atoms with Gasteiger partial charge in [0.05, 0.1) is 6.04 Å². The molecule has 0 aliphatic rings. The number of hydrogen-bond acceptors (Lipinski definition) is 3. The number of rotatable bonds is 4. The van der Waals surface area contributed by atoms with Gasteiger partial charge in [0.2, 0.25) is 0 Å². The van der Waals surface area contributed by atoms with Gasteiger partial charge in [0.1, 0.15) is 12.4 Å². The van der Waals surface area contributed by atoms with Crippen LogP contribution in [0.25, 0.3) is 0 Å². The molecule has 2 aromatic rings. The lowest BCUT2D eigenvalue weighted by molar-refractivity contribution is -0.115. The monoisotopic (exact) mass is 270 g/mol. The van der Waals surface area contributed by atoms with E-state index in [9.17, 15) is 13.2 Å². The molecular formula is C12H13F3N4. The summed E-state index contributed by atoms with van der Waals surface area (Å²) in [7, 11) is 0. The predicted molar refractivity (Wildman–Crippen MR) is 64.8 cm³/mol. The van der Waals surface area contributed by atoms with Crippen molar-refractivity contribution in [1.29, 1.82) is 0 Å². The van der Waals surface area contributed by atoms with Crippen molar-refractivity contribution in [2.75, 3.05) is 11.9 Å². The number of halogens is 3. The maximum Gasteiger partial charge on any atom is 0.405 e. The first kappa shape index (κ1) is 13.4. The highest BCUT2D eigenvalue weighted by atomic mass is 19.4.